The zero-order chi connectivity index (χ0) is 20.3. The van der Waals surface area contributed by atoms with Gasteiger partial charge in [-0.25, -0.2) is 23.9 Å². The van der Waals surface area contributed by atoms with Crippen molar-refractivity contribution in [3.63, 3.8) is 0 Å². The molecule has 9 rings (SSSR count). The Morgan fingerprint density at radius 3 is 2.33 bits per heavy atom. The van der Waals surface area contributed by atoms with E-state index in [1.54, 1.807) is 14.2 Å². The first kappa shape index (κ1) is 16.1. The fourth-order valence-electron chi connectivity index (χ4n) is 9.46. The number of nitrogens with zero attached hydrogens (tertiary/aromatic N) is 2. The van der Waals surface area contributed by atoms with Crippen LogP contribution < -0.4 is 20.9 Å². The van der Waals surface area contributed by atoms with Gasteiger partial charge in [-0.1, -0.05) is 12.2 Å². The molecule has 30 heavy (non-hydrogen) atoms. The first-order chi connectivity index (χ1) is 14.5. The van der Waals surface area contributed by atoms with Gasteiger partial charge in [-0.05, 0) is 53.6 Å². The highest BCUT2D eigenvalue weighted by molar-refractivity contribution is 5.70. The number of aromatic nitrogens is 3. The summed E-state index contributed by atoms with van der Waals surface area (Å²) in [6.07, 6.45) is 5.52. The van der Waals surface area contributed by atoms with E-state index in [2.05, 4.69) is 29.4 Å². The summed E-state index contributed by atoms with van der Waals surface area (Å²) in [6, 6.07) is 4.02. The highest BCUT2D eigenvalue weighted by Crippen LogP contribution is 3.06. The first-order valence-corrected chi connectivity index (χ1v) is 10.8. The van der Waals surface area contributed by atoms with Gasteiger partial charge in [0.1, 0.15) is 11.5 Å². The number of methoxy groups -OCH3 is 2. The number of nitrogens with one attached hydrogen (secondary N) is 1. The number of benzene rings is 1. The molecule has 2 aromatic rings. The molecule has 4 saturated carbocycles. The second kappa shape index (κ2) is 4.34. The molecule has 2 bridgehead atoms. The van der Waals surface area contributed by atoms with Gasteiger partial charge >= 0.3 is 11.4 Å². The molecule has 7 aliphatic rings. The van der Waals surface area contributed by atoms with Crippen LogP contribution in [0.1, 0.15) is 35.4 Å². The highest BCUT2D eigenvalue weighted by Gasteiger charge is 3.01. The average molecular weight is 405 g/mol. The van der Waals surface area contributed by atoms with Crippen molar-refractivity contribution in [2.75, 3.05) is 14.2 Å². The summed E-state index contributed by atoms with van der Waals surface area (Å²) in [7, 11) is 5.06. The summed E-state index contributed by atoms with van der Waals surface area (Å²) in [5.74, 6) is 5.93. The van der Waals surface area contributed by atoms with Crippen molar-refractivity contribution < 1.29 is 9.47 Å². The lowest BCUT2D eigenvalue weighted by Crippen LogP contribution is -2.43. The molecule has 0 amide bonds. The molecule has 1 aromatic carbocycles. The summed E-state index contributed by atoms with van der Waals surface area (Å²) in [4.78, 5) is 24.7. The molecule has 4 fully saturated rings. The number of ether oxygens (including phenoxy) is 2. The number of H-pyrrole nitrogens is 1. The molecule has 7 heteroatoms. The van der Waals surface area contributed by atoms with Gasteiger partial charge in [-0.2, -0.15) is 0 Å². The molecule has 154 valence electrons. The van der Waals surface area contributed by atoms with Crippen molar-refractivity contribution in [2.24, 2.45) is 41.5 Å². The van der Waals surface area contributed by atoms with Gasteiger partial charge in [0.05, 0.1) is 20.3 Å². The predicted molar refractivity (Wildman–Crippen MR) is 107 cm³/mol. The molecule has 0 aliphatic heterocycles. The van der Waals surface area contributed by atoms with Gasteiger partial charge in [0, 0.05) is 29.5 Å². The first-order valence-electron chi connectivity index (χ1n) is 10.8. The molecular formula is C23H23N3O4. The maximum absolute atomic E-state index is 12.6. The van der Waals surface area contributed by atoms with Crippen LogP contribution in [-0.2, 0) is 7.05 Å². The van der Waals surface area contributed by atoms with E-state index in [1.165, 1.54) is 22.9 Å². The number of hydrogen-bond acceptors (Lipinski definition) is 4. The third kappa shape index (κ3) is 1.23. The van der Waals surface area contributed by atoms with Crippen LogP contribution >= 0.6 is 0 Å². The Morgan fingerprint density at radius 2 is 1.70 bits per heavy atom. The Balaban J connectivity index is 1.35. The lowest BCUT2D eigenvalue weighted by molar-refractivity contribution is 0.131. The zero-order valence-electron chi connectivity index (χ0n) is 17.1. The van der Waals surface area contributed by atoms with Crippen LogP contribution in [0.2, 0.25) is 0 Å². The lowest BCUT2D eigenvalue weighted by Gasteiger charge is -2.50. The van der Waals surface area contributed by atoms with Crippen molar-refractivity contribution in [3.05, 3.63) is 56.4 Å². The van der Waals surface area contributed by atoms with Crippen molar-refractivity contribution >= 4 is 0 Å². The Bertz CT molecular complexity index is 1330. The summed E-state index contributed by atoms with van der Waals surface area (Å²) in [6.45, 7) is 0. The van der Waals surface area contributed by atoms with Crippen LogP contribution in [0.3, 0.4) is 0 Å². The predicted octanol–water partition coefficient (Wildman–Crippen LogP) is 1.77. The molecule has 7 aliphatic carbocycles. The SMILES string of the molecule is COc1ccc(OC)c2c1[C@@H]1[C@H]3[C@@H]4[C@@H]3[C@H]3[C@@]5(C=C[C@@H](n6[nH]c(=O)n(C)c6=O)C[C@]135)[C@@H]24. The van der Waals surface area contributed by atoms with Gasteiger partial charge in [0.15, 0.2) is 0 Å². The maximum atomic E-state index is 12.6. The molecule has 1 N–H and O–H groups in total. The van der Waals surface area contributed by atoms with Crippen molar-refractivity contribution in [1.29, 1.82) is 0 Å². The number of rotatable bonds is 3. The Morgan fingerprint density at radius 1 is 1.03 bits per heavy atom. The monoisotopic (exact) mass is 405 g/mol. The van der Waals surface area contributed by atoms with Crippen LogP contribution in [0.25, 0.3) is 0 Å². The molecule has 2 spiro atoms. The molecular weight excluding hydrogens is 382 g/mol. The Labute approximate surface area is 172 Å². The fourth-order valence-corrected chi connectivity index (χ4v) is 9.46. The van der Waals surface area contributed by atoms with E-state index in [-0.39, 0.29) is 28.3 Å². The molecule has 7 nitrogen and oxygen atoms in total. The van der Waals surface area contributed by atoms with Crippen molar-refractivity contribution in [2.45, 2.75) is 24.3 Å². The van der Waals surface area contributed by atoms with E-state index >= 15 is 0 Å². The van der Waals surface area contributed by atoms with Crippen LogP contribution in [0.15, 0.2) is 33.9 Å². The minimum absolute atomic E-state index is 0.0973. The van der Waals surface area contributed by atoms with Crippen LogP contribution in [0.5, 0.6) is 11.5 Å². The van der Waals surface area contributed by atoms with Gasteiger partial charge in [-0.3, -0.25) is 0 Å². The van der Waals surface area contributed by atoms with E-state index in [4.69, 9.17) is 9.47 Å². The largest absolute Gasteiger partial charge is 0.496 e. The second-order valence-electron chi connectivity index (χ2n) is 10.2. The highest BCUT2D eigenvalue weighted by atomic mass is 16.5. The third-order valence-corrected chi connectivity index (χ3v) is 9.96. The minimum atomic E-state index is -0.352. The topological polar surface area (TPSA) is 78.2 Å². The van der Waals surface area contributed by atoms with E-state index < -0.39 is 0 Å². The van der Waals surface area contributed by atoms with Gasteiger partial charge in [-0.15, -0.1) is 0 Å². The van der Waals surface area contributed by atoms with E-state index in [0.717, 1.165) is 40.2 Å². The smallest absolute Gasteiger partial charge is 0.347 e. The standard InChI is InChI=1S/C23H23N3O4/c1-25-20(27)24-26(21(25)28)9-6-7-22-17-12-10(29-2)4-5-11(30-3)13(12)18-15-14(17)16(15)19(22)23(18,22)8-9/h4-7,9,14-19H,8H2,1-3H3,(H,24,27)/t9-,14-,15+,16+,17+,18-,19+,22-,23+/m1/s1. The number of hydrogen-bond donors (Lipinski definition) is 1. The van der Waals surface area contributed by atoms with Crippen LogP contribution in [0, 0.1) is 34.5 Å². The van der Waals surface area contributed by atoms with Gasteiger partial charge in [0.25, 0.3) is 0 Å². The second-order valence-corrected chi connectivity index (χ2v) is 10.2. The van der Waals surface area contributed by atoms with Gasteiger partial charge in [0.2, 0.25) is 0 Å². The fraction of sp³-hybridized carbons (Fsp3) is 0.565. The molecule has 0 radical (unpaired) electrons. The number of allylic oxidation sites excluding steroid dienone is 2. The zero-order valence-corrected chi connectivity index (χ0v) is 17.1. The molecule has 0 saturated heterocycles. The lowest BCUT2D eigenvalue weighted by atomic mass is 9.53. The normalized spacial score (nSPS) is 46.4. The van der Waals surface area contributed by atoms with Gasteiger partial charge < -0.3 is 9.47 Å². The van der Waals surface area contributed by atoms with Crippen LogP contribution in [-0.4, -0.2) is 28.6 Å². The molecule has 0 unspecified atom stereocenters. The van der Waals surface area contributed by atoms with Crippen LogP contribution in [0.4, 0.5) is 0 Å². The summed E-state index contributed by atoms with van der Waals surface area (Å²) in [5, 5.41) is 2.77. The Kier molecular flexibility index (Phi) is 2.32. The quantitative estimate of drug-likeness (QED) is 0.790. The summed E-state index contributed by atoms with van der Waals surface area (Å²) in [5.41, 5.74) is 2.51. The molecule has 9 atom stereocenters. The number of aromatic amines is 1. The third-order valence-electron chi connectivity index (χ3n) is 9.96. The molecule has 1 heterocycles. The average Bonchev–Trinajstić information content (AvgIpc) is 3.53. The maximum Gasteiger partial charge on any atom is 0.347 e. The molecule has 1 aromatic heterocycles. The van der Waals surface area contributed by atoms with Crippen molar-refractivity contribution in [3.8, 4) is 11.5 Å². The van der Waals surface area contributed by atoms with E-state index in [1.807, 2.05) is 0 Å². The summed E-state index contributed by atoms with van der Waals surface area (Å²) < 4.78 is 14.4. The van der Waals surface area contributed by atoms with E-state index in [0.29, 0.717) is 17.8 Å². The minimum Gasteiger partial charge on any atom is -0.496 e. The summed E-state index contributed by atoms with van der Waals surface area (Å²) >= 11 is 0. The van der Waals surface area contributed by atoms with Crippen molar-refractivity contribution in [1.82, 2.24) is 14.3 Å². The van der Waals surface area contributed by atoms with E-state index in [9.17, 15) is 9.59 Å². The Hall–Kier alpha value is -2.70.